The zero-order valence-corrected chi connectivity index (χ0v) is 11.2. The second-order valence-corrected chi connectivity index (χ2v) is 5.25. The molecule has 0 aliphatic heterocycles. The van der Waals surface area contributed by atoms with E-state index >= 15 is 0 Å². The third-order valence-electron chi connectivity index (χ3n) is 2.25. The summed E-state index contributed by atoms with van der Waals surface area (Å²) in [6, 6.07) is 1.90. The van der Waals surface area contributed by atoms with Gasteiger partial charge in [0.15, 0.2) is 6.10 Å². The standard InChI is InChI=1S/C11H10N2O4S2/c14-8(11(16)17)3-12-9(15)7-5-19-10(13-7)6-1-2-18-4-6/h1-2,4-5,8,14H,3H2,(H,12,15)(H,16,17). The number of rotatable bonds is 5. The Hall–Kier alpha value is -1.77. The minimum Gasteiger partial charge on any atom is -0.479 e. The molecule has 0 saturated heterocycles. The number of thiophene rings is 1. The molecule has 2 aromatic heterocycles. The monoisotopic (exact) mass is 298 g/mol. The summed E-state index contributed by atoms with van der Waals surface area (Å²) in [6.45, 7) is -0.348. The third-order valence-corrected chi connectivity index (χ3v) is 3.82. The van der Waals surface area contributed by atoms with Crippen LogP contribution in [0.1, 0.15) is 10.5 Å². The molecule has 0 aliphatic rings. The van der Waals surface area contributed by atoms with Crippen LogP contribution in [0.4, 0.5) is 0 Å². The molecule has 1 amide bonds. The molecule has 0 saturated carbocycles. The number of amides is 1. The fourth-order valence-corrected chi connectivity index (χ4v) is 2.78. The van der Waals surface area contributed by atoms with Crippen molar-refractivity contribution in [2.24, 2.45) is 0 Å². The Kier molecular flexibility index (Phi) is 4.25. The Labute approximate surface area is 116 Å². The highest BCUT2D eigenvalue weighted by molar-refractivity contribution is 7.14. The maximum atomic E-state index is 11.7. The lowest BCUT2D eigenvalue weighted by molar-refractivity contribution is -0.146. The van der Waals surface area contributed by atoms with Crippen molar-refractivity contribution in [3.05, 3.63) is 27.9 Å². The van der Waals surface area contributed by atoms with Crippen LogP contribution >= 0.6 is 22.7 Å². The van der Waals surface area contributed by atoms with Crippen molar-refractivity contribution in [3.8, 4) is 10.6 Å². The molecule has 1 unspecified atom stereocenters. The van der Waals surface area contributed by atoms with Crippen molar-refractivity contribution < 1.29 is 19.8 Å². The van der Waals surface area contributed by atoms with E-state index in [1.807, 2.05) is 16.8 Å². The van der Waals surface area contributed by atoms with Crippen LogP contribution < -0.4 is 5.32 Å². The smallest absolute Gasteiger partial charge is 0.334 e. The second kappa shape index (κ2) is 5.91. The van der Waals surface area contributed by atoms with Gasteiger partial charge in [0.25, 0.3) is 5.91 Å². The van der Waals surface area contributed by atoms with E-state index in [9.17, 15) is 9.59 Å². The molecule has 100 valence electrons. The van der Waals surface area contributed by atoms with Crippen LogP contribution in [0, 0.1) is 0 Å². The van der Waals surface area contributed by atoms with E-state index in [0.717, 1.165) is 10.6 Å². The van der Waals surface area contributed by atoms with E-state index in [0.29, 0.717) is 0 Å². The van der Waals surface area contributed by atoms with Gasteiger partial charge in [-0.3, -0.25) is 4.79 Å². The number of carboxylic acid groups (broad SMARTS) is 1. The number of carboxylic acids is 1. The molecule has 2 aromatic rings. The quantitative estimate of drug-likeness (QED) is 0.766. The highest BCUT2D eigenvalue weighted by Gasteiger charge is 2.16. The van der Waals surface area contributed by atoms with Gasteiger partial charge in [-0.1, -0.05) is 0 Å². The summed E-state index contributed by atoms with van der Waals surface area (Å²) < 4.78 is 0. The van der Waals surface area contributed by atoms with E-state index in [2.05, 4.69) is 10.3 Å². The molecule has 6 nitrogen and oxygen atoms in total. The number of aliphatic carboxylic acids is 1. The summed E-state index contributed by atoms with van der Waals surface area (Å²) in [5.74, 6) is -1.88. The summed E-state index contributed by atoms with van der Waals surface area (Å²) in [5.41, 5.74) is 1.16. The largest absolute Gasteiger partial charge is 0.479 e. The predicted octanol–water partition coefficient (Wildman–Crippen LogP) is 1.05. The van der Waals surface area contributed by atoms with Crippen LogP contribution in [0.3, 0.4) is 0 Å². The van der Waals surface area contributed by atoms with Gasteiger partial charge in [-0.25, -0.2) is 9.78 Å². The molecular weight excluding hydrogens is 288 g/mol. The van der Waals surface area contributed by atoms with E-state index < -0.39 is 18.0 Å². The van der Waals surface area contributed by atoms with E-state index in [1.165, 1.54) is 22.7 Å². The minimum absolute atomic E-state index is 0.212. The van der Waals surface area contributed by atoms with E-state index in [1.54, 1.807) is 5.38 Å². The van der Waals surface area contributed by atoms with Crippen LogP contribution in [-0.4, -0.2) is 39.7 Å². The molecule has 1 atom stereocenters. The Morgan fingerprint density at radius 3 is 2.84 bits per heavy atom. The molecule has 0 spiro atoms. The summed E-state index contributed by atoms with van der Waals surface area (Å²) >= 11 is 2.87. The van der Waals surface area contributed by atoms with Crippen molar-refractivity contribution >= 4 is 34.6 Å². The highest BCUT2D eigenvalue weighted by Crippen LogP contribution is 2.25. The lowest BCUT2D eigenvalue weighted by atomic mass is 10.3. The van der Waals surface area contributed by atoms with Crippen molar-refractivity contribution in [2.75, 3.05) is 6.54 Å². The summed E-state index contributed by atoms with van der Waals surface area (Å²) in [5, 5.41) is 26.0. The first kappa shape index (κ1) is 13.7. The fraction of sp³-hybridized carbons (Fsp3) is 0.182. The van der Waals surface area contributed by atoms with Crippen LogP contribution in [0.25, 0.3) is 10.6 Å². The van der Waals surface area contributed by atoms with Gasteiger partial charge in [-0.05, 0) is 11.4 Å². The molecule has 2 rings (SSSR count). The number of hydrogen-bond donors (Lipinski definition) is 3. The highest BCUT2D eigenvalue weighted by atomic mass is 32.1. The first-order valence-electron chi connectivity index (χ1n) is 5.25. The number of nitrogens with zero attached hydrogens (tertiary/aromatic N) is 1. The maximum Gasteiger partial charge on any atom is 0.334 e. The van der Waals surface area contributed by atoms with Gasteiger partial charge < -0.3 is 15.5 Å². The Morgan fingerprint density at radius 1 is 1.42 bits per heavy atom. The maximum absolute atomic E-state index is 11.7. The lowest BCUT2D eigenvalue weighted by Gasteiger charge is -2.05. The van der Waals surface area contributed by atoms with Crippen LogP contribution in [-0.2, 0) is 4.79 Å². The van der Waals surface area contributed by atoms with Crippen LogP contribution in [0.5, 0.6) is 0 Å². The molecule has 0 bridgehead atoms. The Morgan fingerprint density at radius 2 is 2.21 bits per heavy atom. The molecule has 0 aliphatic carbocycles. The number of carbonyl (C=O) groups excluding carboxylic acids is 1. The minimum atomic E-state index is -1.61. The first-order chi connectivity index (χ1) is 9.08. The van der Waals surface area contributed by atoms with Gasteiger partial charge in [0.1, 0.15) is 10.7 Å². The molecule has 2 heterocycles. The van der Waals surface area contributed by atoms with Crippen molar-refractivity contribution in [1.29, 1.82) is 0 Å². The third kappa shape index (κ3) is 3.37. The number of nitrogens with one attached hydrogen (secondary N) is 1. The van der Waals surface area contributed by atoms with Gasteiger partial charge in [0, 0.05) is 16.3 Å². The fourth-order valence-electron chi connectivity index (χ4n) is 1.26. The molecule has 0 aromatic carbocycles. The number of carbonyl (C=O) groups is 2. The molecule has 0 fully saturated rings. The van der Waals surface area contributed by atoms with E-state index in [4.69, 9.17) is 10.2 Å². The summed E-state index contributed by atoms with van der Waals surface area (Å²) in [6.07, 6.45) is -1.61. The van der Waals surface area contributed by atoms with Crippen molar-refractivity contribution in [1.82, 2.24) is 10.3 Å². The number of aliphatic hydroxyl groups is 1. The average molecular weight is 298 g/mol. The predicted molar refractivity (Wildman–Crippen MR) is 71.4 cm³/mol. The van der Waals surface area contributed by atoms with Gasteiger partial charge in [-0.15, -0.1) is 11.3 Å². The van der Waals surface area contributed by atoms with E-state index in [-0.39, 0.29) is 12.2 Å². The van der Waals surface area contributed by atoms with Crippen LogP contribution in [0.2, 0.25) is 0 Å². The normalized spacial score (nSPS) is 12.1. The van der Waals surface area contributed by atoms with Crippen molar-refractivity contribution in [2.45, 2.75) is 6.10 Å². The molecular formula is C11H10N2O4S2. The molecule has 3 N–H and O–H groups in total. The Bertz CT molecular complexity index is 579. The molecule has 8 heteroatoms. The number of aliphatic hydroxyl groups excluding tert-OH is 1. The Balaban J connectivity index is 1.99. The molecule has 19 heavy (non-hydrogen) atoms. The van der Waals surface area contributed by atoms with Crippen molar-refractivity contribution in [3.63, 3.8) is 0 Å². The van der Waals surface area contributed by atoms with Gasteiger partial charge in [0.2, 0.25) is 0 Å². The number of aromatic nitrogens is 1. The molecule has 0 radical (unpaired) electrons. The van der Waals surface area contributed by atoms with Gasteiger partial charge in [-0.2, -0.15) is 11.3 Å². The van der Waals surface area contributed by atoms with Gasteiger partial charge >= 0.3 is 5.97 Å². The first-order valence-corrected chi connectivity index (χ1v) is 7.07. The number of hydrogen-bond acceptors (Lipinski definition) is 6. The SMILES string of the molecule is O=C(NCC(O)C(=O)O)c1csc(-c2ccsc2)n1. The lowest BCUT2D eigenvalue weighted by Crippen LogP contribution is -2.36. The average Bonchev–Trinajstić information content (AvgIpc) is 3.04. The summed E-state index contributed by atoms with van der Waals surface area (Å²) in [7, 11) is 0. The summed E-state index contributed by atoms with van der Waals surface area (Å²) in [4.78, 5) is 26.2. The topological polar surface area (TPSA) is 99.5 Å². The zero-order chi connectivity index (χ0) is 13.8. The number of thiazole rings is 1. The second-order valence-electron chi connectivity index (χ2n) is 3.61. The van der Waals surface area contributed by atoms with Gasteiger partial charge in [0.05, 0.1) is 6.54 Å². The zero-order valence-electron chi connectivity index (χ0n) is 9.57. The van der Waals surface area contributed by atoms with Crippen LogP contribution in [0.15, 0.2) is 22.2 Å².